The molecule has 2 atom stereocenters. The Morgan fingerprint density at radius 2 is 1.98 bits per heavy atom. The zero-order valence-corrected chi connectivity index (χ0v) is 22.0. The van der Waals surface area contributed by atoms with Crippen LogP contribution in [0.1, 0.15) is 59.2 Å². The second-order valence-corrected chi connectivity index (χ2v) is 9.52. The van der Waals surface area contributed by atoms with E-state index in [9.17, 15) is 18.0 Å². The number of ether oxygens (including phenoxy) is 2. The number of benzene rings is 2. The van der Waals surface area contributed by atoms with Crippen molar-refractivity contribution >= 4 is 17.6 Å². The second kappa shape index (κ2) is 10.8. The number of fused-ring (bicyclic) bond motifs is 3. The Bertz CT molecular complexity index is 1560. The molecule has 210 valence electrons. The molecule has 0 unspecified atom stereocenters. The summed E-state index contributed by atoms with van der Waals surface area (Å²) in [5, 5.41) is 28.6. The molecular weight excluding hydrogens is 555 g/mol. The van der Waals surface area contributed by atoms with Gasteiger partial charge in [0.2, 0.25) is 5.82 Å². The van der Waals surface area contributed by atoms with Crippen LogP contribution in [0, 0.1) is 6.92 Å². The molecule has 1 N–H and O–H groups in total. The fourth-order valence-electron chi connectivity index (χ4n) is 4.66. The van der Waals surface area contributed by atoms with Crippen molar-refractivity contribution in [2.75, 3.05) is 7.11 Å². The van der Waals surface area contributed by atoms with Gasteiger partial charge in [-0.25, -0.2) is 0 Å². The van der Waals surface area contributed by atoms with Gasteiger partial charge in [-0.05, 0) is 47.5 Å². The number of halogens is 4. The lowest BCUT2D eigenvalue weighted by molar-refractivity contribution is -0.146. The third-order valence-electron chi connectivity index (χ3n) is 6.52. The van der Waals surface area contributed by atoms with Crippen LogP contribution in [-0.4, -0.2) is 53.2 Å². The molecule has 11 nitrogen and oxygen atoms in total. The normalized spacial score (nSPS) is 16.8. The van der Waals surface area contributed by atoms with Gasteiger partial charge in [-0.3, -0.25) is 9.36 Å². The van der Waals surface area contributed by atoms with E-state index < -0.39 is 30.2 Å². The van der Waals surface area contributed by atoms with E-state index in [0.29, 0.717) is 21.9 Å². The number of rotatable bonds is 8. The first-order chi connectivity index (χ1) is 19.1. The maximum Gasteiger partial charge on any atom is 0.452 e. The minimum absolute atomic E-state index is 0.0508. The molecule has 0 saturated carbocycles. The Balaban J connectivity index is 1.59. The molecule has 1 aliphatic rings. The zero-order chi connectivity index (χ0) is 28.6. The van der Waals surface area contributed by atoms with Crippen molar-refractivity contribution in [2.45, 2.75) is 51.1 Å². The summed E-state index contributed by atoms with van der Waals surface area (Å²) in [6.07, 6.45) is -6.60. The molecule has 4 aromatic rings. The molecule has 0 spiro atoms. The molecule has 15 heteroatoms. The SMILES string of the molecule is COc1cccc([C@H]2O[C@H](CCn3nnc(CCC(=O)O)n3)c3nnc(C(F)(F)F)n3-c3ccc(Cl)cc32)c1C. The van der Waals surface area contributed by atoms with Crippen LogP contribution in [0.25, 0.3) is 5.69 Å². The van der Waals surface area contributed by atoms with E-state index >= 15 is 0 Å². The molecule has 1 aliphatic heterocycles. The van der Waals surface area contributed by atoms with Crippen LogP contribution < -0.4 is 4.74 Å². The van der Waals surface area contributed by atoms with Crippen LogP contribution >= 0.6 is 11.6 Å². The van der Waals surface area contributed by atoms with E-state index in [1.807, 2.05) is 13.0 Å². The quantitative estimate of drug-likeness (QED) is 0.321. The smallest absolute Gasteiger partial charge is 0.452 e. The fraction of sp³-hybridized carbons (Fsp3) is 0.360. The number of carboxylic acids is 1. The topological polar surface area (TPSA) is 130 Å². The lowest BCUT2D eigenvalue weighted by atomic mass is 9.95. The average Bonchev–Trinajstić information content (AvgIpc) is 3.53. The molecule has 0 fully saturated rings. The number of methoxy groups -OCH3 is 1. The Labute approximate surface area is 230 Å². The molecule has 0 radical (unpaired) electrons. The van der Waals surface area contributed by atoms with Crippen molar-refractivity contribution < 1.29 is 32.5 Å². The van der Waals surface area contributed by atoms with Crippen LogP contribution in [0.2, 0.25) is 5.02 Å². The van der Waals surface area contributed by atoms with E-state index in [1.165, 1.54) is 24.0 Å². The molecule has 0 saturated heterocycles. The van der Waals surface area contributed by atoms with Crippen LogP contribution in [0.15, 0.2) is 36.4 Å². The van der Waals surface area contributed by atoms with Gasteiger partial charge in [0, 0.05) is 23.4 Å². The van der Waals surface area contributed by atoms with Crippen molar-refractivity contribution in [1.29, 1.82) is 0 Å². The Morgan fingerprint density at radius 3 is 2.70 bits per heavy atom. The van der Waals surface area contributed by atoms with E-state index in [4.69, 9.17) is 26.2 Å². The van der Waals surface area contributed by atoms with Crippen LogP contribution in [0.5, 0.6) is 5.75 Å². The molecule has 2 aromatic heterocycles. The highest BCUT2D eigenvalue weighted by Gasteiger charge is 2.43. The number of hydrogen-bond acceptors (Lipinski definition) is 8. The summed E-state index contributed by atoms with van der Waals surface area (Å²) in [6, 6.07) is 9.92. The Hall–Kier alpha value is -4.04. The van der Waals surface area contributed by atoms with Crippen molar-refractivity contribution in [3.63, 3.8) is 0 Å². The summed E-state index contributed by atoms with van der Waals surface area (Å²) in [4.78, 5) is 12.1. The molecular formula is C25H23ClF3N7O4. The lowest BCUT2D eigenvalue weighted by Crippen LogP contribution is -2.17. The lowest BCUT2D eigenvalue weighted by Gasteiger charge is -2.24. The Morgan fingerprint density at radius 1 is 1.18 bits per heavy atom. The highest BCUT2D eigenvalue weighted by Crippen LogP contribution is 2.45. The molecule has 0 amide bonds. The van der Waals surface area contributed by atoms with Gasteiger partial charge < -0.3 is 14.6 Å². The largest absolute Gasteiger partial charge is 0.496 e. The number of hydrogen-bond donors (Lipinski definition) is 1. The number of alkyl halides is 3. The second-order valence-electron chi connectivity index (χ2n) is 9.08. The number of aliphatic carboxylic acids is 1. The van der Waals surface area contributed by atoms with Gasteiger partial charge in [-0.1, -0.05) is 23.7 Å². The predicted molar refractivity (Wildman–Crippen MR) is 133 cm³/mol. The van der Waals surface area contributed by atoms with Crippen molar-refractivity contribution in [3.8, 4) is 11.4 Å². The average molecular weight is 578 g/mol. The number of tetrazole rings is 1. The number of aryl methyl sites for hydroxylation is 2. The van der Waals surface area contributed by atoms with Crippen LogP contribution in [0.4, 0.5) is 13.2 Å². The number of aromatic nitrogens is 7. The van der Waals surface area contributed by atoms with Crippen LogP contribution in [-0.2, 0) is 28.7 Å². The van der Waals surface area contributed by atoms with Gasteiger partial charge in [0.15, 0.2) is 11.6 Å². The molecule has 5 rings (SSSR count). The minimum Gasteiger partial charge on any atom is -0.496 e. The van der Waals surface area contributed by atoms with E-state index in [1.54, 1.807) is 18.2 Å². The third kappa shape index (κ3) is 5.36. The molecule has 0 bridgehead atoms. The monoisotopic (exact) mass is 577 g/mol. The van der Waals surface area contributed by atoms with Gasteiger partial charge in [-0.2, -0.15) is 18.0 Å². The first-order valence-electron chi connectivity index (χ1n) is 12.2. The van der Waals surface area contributed by atoms with E-state index in [0.717, 1.165) is 10.1 Å². The highest BCUT2D eigenvalue weighted by molar-refractivity contribution is 6.30. The van der Waals surface area contributed by atoms with E-state index in [-0.39, 0.29) is 43.1 Å². The molecule has 2 aromatic carbocycles. The summed E-state index contributed by atoms with van der Waals surface area (Å²) in [5.74, 6) is -1.43. The van der Waals surface area contributed by atoms with Crippen molar-refractivity contribution in [2.24, 2.45) is 0 Å². The Kier molecular flexibility index (Phi) is 7.47. The maximum absolute atomic E-state index is 14.1. The summed E-state index contributed by atoms with van der Waals surface area (Å²) >= 11 is 6.33. The van der Waals surface area contributed by atoms with Gasteiger partial charge in [0.05, 0.1) is 25.8 Å². The van der Waals surface area contributed by atoms with Gasteiger partial charge in [-0.15, -0.1) is 20.4 Å². The first-order valence-corrected chi connectivity index (χ1v) is 12.5. The van der Waals surface area contributed by atoms with Gasteiger partial charge >= 0.3 is 12.1 Å². The fourth-order valence-corrected chi connectivity index (χ4v) is 4.84. The predicted octanol–water partition coefficient (Wildman–Crippen LogP) is 4.51. The van der Waals surface area contributed by atoms with E-state index in [2.05, 4.69) is 25.6 Å². The highest BCUT2D eigenvalue weighted by atomic mass is 35.5. The van der Waals surface area contributed by atoms with Crippen molar-refractivity contribution in [1.82, 2.24) is 35.0 Å². The summed E-state index contributed by atoms with van der Waals surface area (Å²) < 4.78 is 55.4. The standard InChI is InChI=1S/C25H23ClF3N7O4/c1-13-15(4-3-5-18(13)39-2)22-16-12-14(26)6-7-17(16)36-23(31-32-24(36)25(27,28)29)19(40-22)10-11-35-33-20(30-34-35)8-9-21(37)38/h3-7,12,19,22H,8-11H2,1-2H3,(H,37,38)/t19-,22-/m1/s1. The van der Waals surface area contributed by atoms with Crippen molar-refractivity contribution in [3.05, 3.63) is 75.6 Å². The summed E-state index contributed by atoms with van der Waals surface area (Å²) in [7, 11) is 1.53. The molecule has 3 heterocycles. The number of nitrogens with zero attached hydrogens (tertiary/aromatic N) is 7. The number of carboxylic acid groups (broad SMARTS) is 1. The maximum atomic E-state index is 14.1. The van der Waals surface area contributed by atoms with Gasteiger partial charge in [0.1, 0.15) is 18.0 Å². The molecule has 0 aliphatic carbocycles. The number of carbonyl (C=O) groups is 1. The van der Waals surface area contributed by atoms with Crippen LogP contribution in [0.3, 0.4) is 0 Å². The third-order valence-corrected chi connectivity index (χ3v) is 6.75. The van der Waals surface area contributed by atoms with Gasteiger partial charge in [0.25, 0.3) is 0 Å². The summed E-state index contributed by atoms with van der Waals surface area (Å²) in [5.41, 5.74) is 2.00. The zero-order valence-electron chi connectivity index (χ0n) is 21.3. The minimum atomic E-state index is -4.80. The molecule has 40 heavy (non-hydrogen) atoms. The first kappa shape index (κ1) is 27.5. The summed E-state index contributed by atoms with van der Waals surface area (Å²) in [6.45, 7) is 1.93.